The molecule has 37 heavy (non-hydrogen) atoms. The van der Waals surface area contributed by atoms with Crippen LogP contribution in [0, 0.1) is 0 Å². The fraction of sp³-hybridized carbons (Fsp3) is 0.276. The number of thiophene rings is 1. The van der Waals surface area contributed by atoms with Crippen molar-refractivity contribution in [3.05, 3.63) is 93.1 Å². The van der Waals surface area contributed by atoms with Gasteiger partial charge in [-0.3, -0.25) is 0 Å². The first kappa shape index (κ1) is 23.9. The van der Waals surface area contributed by atoms with Crippen LogP contribution in [0.2, 0.25) is 5.02 Å². The van der Waals surface area contributed by atoms with Gasteiger partial charge in [-0.2, -0.15) is 0 Å². The summed E-state index contributed by atoms with van der Waals surface area (Å²) in [7, 11) is 3.20. The second-order valence-corrected chi connectivity index (χ2v) is 10.9. The highest BCUT2D eigenvalue weighted by Gasteiger charge is 2.36. The number of carbonyl (C=O) groups excluding carboxylic acids is 1. The summed E-state index contributed by atoms with van der Waals surface area (Å²) in [6.07, 6.45) is 6.67. The van der Waals surface area contributed by atoms with Crippen molar-refractivity contribution in [2.75, 3.05) is 19.5 Å². The maximum atomic E-state index is 14.2. The van der Waals surface area contributed by atoms with Crippen molar-refractivity contribution < 1.29 is 14.3 Å². The number of aryl methyl sites for hydroxylation is 1. The molecule has 0 bridgehead atoms. The molecule has 8 heteroatoms. The minimum Gasteiger partial charge on any atom is -0.497 e. The molecule has 0 spiro atoms. The highest BCUT2D eigenvalue weighted by Crippen LogP contribution is 2.44. The van der Waals surface area contributed by atoms with Gasteiger partial charge in [-0.25, -0.2) is 4.79 Å². The van der Waals surface area contributed by atoms with Crippen LogP contribution >= 0.6 is 22.9 Å². The van der Waals surface area contributed by atoms with E-state index in [0.717, 1.165) is 24.1 Å². The smallest absolute Gasteiger partial charge is 0.323 e. The molecule has 3 heterocycles. The molecule has 2 aliphatic rings. The lowest BCUT2D eigenvalue weighted by molar-refractivity contribution is 0.194. The zero-order valence-corrected chi connectivity index (χ0v) is 22.4. The predicted molar refractivity (Wildman–Crippen MR) is 148 cm³/mol. The van der Waals surface area contributed by atoms with Crippen LogP contribution in [-0.4, -0.2) is 29.7 Å². The summed E-state index contributed by atoms with van der Waals surface area (Å²) in [6.45, 7) is 0.498. The van der Waals surface area contributed by atoms with Gasteiger partial charge in [-0.05, 0) is 73.2 Å². The Bertz CT molecular complexity index is 1480. The fourth-order valence-corrected chi connectivity index (χ4v) is 7.12. The highest BCUT2D eigenvalue weighted by molar-refractivity contribution is 7.15. The van der Waals surface area contributed by atoms with E-state index in [1.807, 2.05) is 46.6 Å². The molecule has 1 atom stereocenters. The second kappa shape index (κ2) is 9.80. The number of methoxy groups -OCH3 is 2. The summed E-state index contributed by atoms with van der Waals surface area (Å²) in [5.74, 6) is 1.21. The first-order chi connectivity index (χ1) is 18.1. The molecule has 190 valence electrons. The largest absolute Gasteiger partial charge is 0.497 e. The van der Waals surface area contributed by atoms with Crippen molar-refractivity contribution in [2.45, 2.75) is 38.3 Å². The first-order valence-electron chi connectivity index (χ1n) is 12.4. The Morgan fingerprint density at radius 1 is 1.03 bits per heavy atom. The third-order valence-corrected chi connectivity index (χ3v) is 8.82. The number of hydrogen-bond acceptors (Lipinski definition) is 4. The normalized spacial score (nSPS) is 16.3. The van der Waals surface area contributed by atoms with Crippen molar-refractivity contribution in [3.63, 3.8) is 0 Å². The van der Waals surface area contributed by atoms with Gasteiger partial charge in [0.05, 0.1) is 38.2 Å². The zero-order chi connectivity index (χ0) is 25.5. The van der Waals surface area contributed by atoms with Gasteiger partial charge in [-0.15, -0.1) is 11.3 Å². The van der Waals surface area contributed by atoms with Crippen LogP contribution in [0.5, 0.6) is 11.5 Å². The van der Waals surface area contributed by atoms with Crippen LogP contribution in [0.15, 0.2) is 60.8 Å². The minimum atomic E-state index is -0.329. The highest BCUT2D eigenvalue weighted by atomic mass is 35.5. The molecule has 2 aromatic heterocycles. The van der Waals surface area contributed by atoms with Gasteiger partial charge in [0, 0.05) is 27.7 Å². The van der Waals surface area contributed by atoms with E-state index in [1.165, 1.54) is 33.8 Å². The van der Waals surface area contributed by atoms with Crippen LogP contribution in [0.1, 0.15) is 46.1 Å². The number of nitrogens with zero attached hydrogens (tertiary/aromatic N) is 2. The van der Waals surface area contributed by atoms with E-state index < -0.39 is 0 Å². The van der Waals surface area contributed by atoms with Gasteiger partial charge in [-0.1, -0.05) is 23.7 Å². The number of carbonyl (C=O) groups is 1. The van der Waals surface area contributed by atoms with Crippen molar-refractivity contribution in [1.29, 1.82) is 0 Å². The summed E-state index contributed by atoms with van der Waals surface area (Å²) in [6, 6.07) is 16.8. The third kappa shape index (κ3) is 4.26. The lowest BCUT2D eigenvalue weighted by atomic mass is 9.95. The van der Waals surface area contributed by atoms with Crippen LogP contribution in [0.25, 0.3) is 5.00 Å². The lowest BCUT2D eigenvalue weighted by Crippen LogP contribution is -2.38. The number of benzene rings is 2. The molecule has 1 N–H and O–H groups in total. The van der Waals surface area contributed by atoms with Crippen LogP contribution in [0.3, 0.4) is 0 Å². The van der Waals surface area contributed by atoms with Gasteiger partial charge in [0.2, 0.25) is 0 Å². The molecular weight excluding hydrogens is 506 g/mol. The van der Waals surface area contributed by atoms with Gasteiger partial charge in [0.1, 0.15) is 16.5 Å². The maximum Gasteiger partial charge on any atom is 0.323 e. The Morgan fingerprint density at radius 2 is 1.89 bits per heavy atom. The summed E-state index contributed by atoms with van der Waals surface area (Å²) >= 11 is 8.31. The lowest BCUT2D eigenvalue weighted by Gasteiger charge is -2.31. The van der Waals surface area contributed by atoms with E-state index in [4.69, 9.17) is 21.1 Å². The number of anilines is 1. The van der Waals surface area contributed by atoms with Crippen molar-refractivity contribution in [3.8, 4) is 16.5 Å². The van der Waals surface area contributed by atoms with Crippen molar-refractivity contribution in [1.82, 2.24) is 9.47 Å². The topological polar surface area (TPSA) is 55.7 Å². The van der Waals surface area contributed by atoms with E-state index in [1.54, 1.807) is 26.4 Å². The number of urea groups is 1. The molecule has 2 aromatic carbocycles. The van der Waals surface area contributed by atoms with Crippen LogP contribution in [-0.2, 0) is 19.4 Å². The third-order valence-electron chi connectivity index (χ3n) is 7.25. The number of aromatic nitrogens is 1. The van der Waals surface area contributed by atoms with E-state index in [2.05, 4.69) is 28.2 Å². The fourth-order valence-electron chi connectivity index (χ4n) is 5.51. The number of fused-ring (bicyclic) bond motifs is 5. The molecule has 4 aromatic rings. The average molecular weight is 534 g/mol. The monoisotopic (exact) mass is 533 g/mol. The number of nitrogens with one attached hydrogen (secondary N) is 1. The molecule has 1 aliphatic heterocycles. The summed E-state index contributed by atoms with van der Waals surface area (Å²) in [4.78, 5) is 17.5. The molecule has 1 aliphatic carbocycles. The standard InChI is InChI=1S/C29H28ClN3O3S/c1-35-20-12-13-25(36-2)23(16-20)31-29(34)33-17-22-21-9-3-4-11-26(21)37-28(22)32-14-6-10-24(32)27(33)18-7-5-8-19(30)15-18/h5-8,10,12-16,27H,3-4,9,11,17H2,1-2H3,(H,31,34)/t27-/m0/s1. The maximum absolute atomic E-state index is 14.2. The Morgan fingerprint density at radius 3 is 2.70 bits per heavy atom. The second-order valence-electron chi connectivity index (χ2n) is 9.38. The Balaban J connectivity index is 1.49. The molecule has 0 saturated carbocycles. The van der Waals surface area contributed by atoms with Crippen molar-refractivity contribution >= 4 is 34.7 Å². The molecule has 6 rings (SSSR count). The molecule has 0 unspecified atom stereocenters. The molecule has 6 nitrogen and oxygen atoms in total. The van der Waals surface area contributed by atoms with Gasteiger partial charge in [0.25, 0.3) is 0 Å². The number of hydrogen-bond donors (Lipinski definition) is 1. The number of amides is 2. The number of ether oxygens (including phenoxy) is 2. The SMILES string of the molecule is COc1ccc(OC)c(NC(=O)N2Cc3c(sc4c3CCCC4)-n3cccc3[C@@H]2c2cccc(Cl)c2)c1. The molecule has 2 amide bonds. The van der Waals surface area contributed by atoms with E-state index in [9.17, 15) is 4.79 Å². The van der Waals surface area contributed by atoms with Crippen molar-refractivity contribution in [2.24, 2.45) is 0 Å². The summed E-state index contributed by atoms with van der Waals surface area (Å²) in [5.41, 5.74) is 5.21. The molecular formula is C29H28ClN3O3S. The first-order valence-corrected chi connectivity index (χ1v) is 13.6. The average Bonchev–Trinajstić information content (AvgIpc) is 3.50. The Kier molecular flexibility index (Phi) is 6.34. The van der Waals surface area contributed by atoms with Gasteiger partial charge < -0.3 is 24.3 Å². The molecule has 0 saturated heterocycles. The molecule has 0 radical (unpaired) electrons. The quantitative estimate of drug-likeness (QED) is 0.301. The number of halogens is 1. The Hall–Kier alpha value is -3.42. The van der Waals surface area contributed by atoms with Crippen LogP contribution in [0.4, 0.5) is 10.5 Å². The minimum absolute atomic E-state index is 0.215. The number of rotatable bonds is 4. The van der Waals surface area contributed by atoms with E-state index in [0.29, 0.717) is 28.8 Å². The van der Waals surface area contributed by atoms with E-state index >= 15 is 0 Å². The molecule has 0 fully saturated rings. The summed E-state index contributed by atoms with van der Waals surface area (Å²) < 4.78 is 13.2. The van der Waals surface area contributed by atoms with Gasteiger partial charge in [0.15, 0.2) is 0 Å². The predicted octanol–water partition coefficient (Wildman–Crippen LogP) is 7.23. The zero-order valence-electron chi connectivity index (χ0n) is 20.8. The summed E-state index contributed by atoms with van der Waals surface area (Å²) in [5, 5.41) is 4.97. The Labute approximate surface area is 225 Å². The van der Waals surface area contributed by atoms with E-state index in [-0.39, 0.29) is 12.1 Å². The van der Waals surface area contributed by atoms with Crippen LogP contribution < -0.4 is 14.8 Å². The van der Waals surface area contributed by atoms with Gasteiger partial charge >= 0.3 is 6.03 Å².